The van der Waals surface area contributed by atoms with Crippen LogP contribution in [0.4, 0.5) is 5.69 Å². The third-order valence-corrected chi connectivity index (χ3v) is 3.13. The zero-order chi connectivity index (χ0) is 15.1. The number of nitrogens with one attached hydrogen (secondary N) is 1. The van der Waals surface area contributed by atoms with Crippen molar-refractivity contribution >= 4 is 5.69 Å². The Bertz CT molecular complexity index is 584. The summed E-state index contributed by atoms with van der Waals surface area (Å²) in [5.74, 6) is 1.49. The maximum atomic E-state index is 9.14. The molecule has 2 N–H and O–H groups in total. The average Bonchev–Trinajstić information content (AvgIpc) is 2.53. The highest BCUT2D eigenvalue weighted by Crippen LogP contribution is 2.28. The quantitative estimate of drug-likeness (QED) is 0.821. The van der Waals surface area contributed by atoms with Crippen molar-refractivity contribution in [2.75, 3.05) is 19.0 Å². The Labute approximate surface area is 125 Å². The molecule has 0 spiro atoms. The van der Waals surface area contributed by atoms with Crippen LogP contribution in [0.25, 0.3) is 0 Å². The first-order valence-electron chi connectivity index (χ1n) is 7.00. The van der Waals surface area contributed by atoms with Crippen LogP contribution in [-0.4, -0.2) is 18.8 Å². The zero-order valence-electron chi connectivity index (χ0n) is 12.4. The van der Waals surface area contributed by atoms with Crippen LogP contribution in [0.15, 0.2) is 42.5 Å². The predicted octanol–water partition coefficient (Wildman–Crippen LogP) is 3.20. The Hall–Kier alpha value is -2.20. The second-order valence-electron chi connectivity index (χ2n) is 4.63. The van der Waals surface area contributed by atoms with Crippen molar-refractivity contribution in [1.82, 2.24) is 0 Å². The van der Waals surface area contributed by atoms with Gasteiger partial charge in [0.15, 0.2) is 11.5 Å². The van der Waals surface area contributed by atoms with Crippen LogP contribution in [0.2, 0.25) is 0 Å². The molecule has 0 aromatic heterocycles. The van der Waals surface area contributed by atoms with Crippen molar-refractivity contribution in [3.8, 4) is 11.5 Å². The molecule has 0 saturated heterocycles. The number of ether oxygens (including phenoxy) is 2. The van der Waals surface area contributed by atoms with Crippen LogP contribution in [0, 0.1) is 0 Å². The predicted molar refractivity (Wildman–Crippen MR) is 83.9 cm³/mol. The highest BCUT2D eigenvalue weighted by molar-refractivity contribution is 5.48. The molecule has 0 aliphatic heterocycles. The second kappa shape index (κ2) is 7.55. The van der Waals surface area contributed by atoms with Gasteiger partial charge in [-0.25, -0.2) is 0 Å². The summed E-state index contributed by atoms with van der Waals surface area (Å²) in [6.45, 7) is 3.28. The molecule has 0 saturated carbocycles. The van der Waals surface area contributed by atoms with Gasteiger partial charge in [-0.2, -0.15) is 0 Å². The minimum atomic E-state index is 0.0482. The lowest BCUT2D eigenvalue weighted by molar-refractivity contribution is 0.282. The molecule has 0 aliphatic carbocycles. The molecule has 0 fully saturated rings. The van der Waals surface area contributed by atoms with Gasteiger partial charge in [0, 0.05) is 12.2 Å². The zero-order valence-corrected chi connectivity index (χ0v) is 12.4. The van der Waals surface area contributed by atoms with Gasteiger partial charge in [0.1, 0.15) is 0 Å². The number of hydrogen-bond acceptors (Lipinski definition) is 4. The Morgan fingerprint density at radius 2 is 1.90 bits per heavy atom. The summed E-state index contributed by atoms with van der Waals surface area (Å²) in [7, 11) is 1.64. The van der Waals surface area contributed by atoms with Gasteiger partial charge < -0.3 is 19.9 Å². The van der Waals surface area contributed by atoms with Gasteiger partial charge in [0.05, 0.1) is 20.3 Å². The van der Waals surface area contributed by atoms with E-state index < -0.39 is 0 Å². The molecule has 21 heavy (non-hydrogen) atoms. The molecular formula is C17H21NO3. The number of hydrogen-bond donors (Lipinski definition) is 2. The van der Waals surface area contributed by atoms with Crippen LogP contribution in [-0.2, 0) is 13.2 Å². The fourth-order valence-electron chi connectivity index (χ4n) is 2.08. The van der Waals surface area contributed by atoms with Crippen molar-refractivity contribution in [3.05, 3.63) is 53.6 Å². The third-order valence-electron chi connectivity index (χ3n) is 3.13. The largest absolute Gasteiger partial charge is 0.493 e. The maximum absolute atomic E-state index is 9.14. The first kappa shape index (κ1) is 15.2. The van der Waals surface area contributed by atoms with Crippen LogP contribution in [0.3, 0.4) is 0 Å². The van der Waals surface area contributed by atoms with Crippen LogP contribution in [0.5, 0.6) is 11.5 Å². The Kier molecular flexibility index (Phi) is 5.46. The van der Waals surface area contributed by atoms with Crippen molar-refractivity contribution in [3.63, 3.8) is 0 Å². The summed E-state index contributed by atoms with van der Waals surface area (Å²) in [5.41, 5.74) is 2.98. The number of aliphatic hydroxyl groups is 1. The first-order valence-corrected chi connectivity index (χ1v) is 7.00. The lowest BCUT2D eigenvalue weighted by Crippen LogP contribution is -2.02. The molecule has 0 unspecified atom stereocenters. The minimum Gasteiger partial charge on any atom is -0.493 e. The highest BCUT2D eigenvalue weighted by Gasteiger charge is 2.05. The molecule has 0 aliphatic rings. The number of anilines is 1. The molecule has 2 rings (SSSR count). The molecule has 0 amide bonds. The van der Waals surface area contributed by atoms with Gasteiger partial charge in [-0.3, -0.25) is 0 Å². The molecule has 2 aromatic rings. The number of aliphatic hydroxyl groups excluding tert-OH is 1. The summed E-state index contributed by atoms with van der Waals surface area (Å²) in [5, 5.41) is 12.5. The third kappa shape index (κ3) is 4.13. The normalized spacial score (nSPS) is 10.2. The maximum Gasteiger partial charge on any atom is 0.161 e. The average molecular weight is 287 g/mol. The van der Waals surface area contributed by atoms with Gasteiger partial charge in [0.25, 0.3) is 0 Å². The van der Waals surface area contributed by atoms with Gasteiger partial charge >= 0.3 is 0 Å². The Morgan fingerprint density at radius 3 is 2.62 bits per heavy atom. The first-order chi connectivity index (χ1) is 10.3. The fourth-order valence-corrected chi connectivity index (χ4v) is 2.08. The van der Waals surface area contributed by atoms with E-state index in [9.17, 15) is 0 Å². The fraction of sp³-hybridized carbons (Fsp3) is 0.294. The van der Waals surface area contributed by atoms with Crippen LogP contribution in [0.1, 0.15) is 18.1 Å². The minimum absolute atomic E-state index is 0.0482. The van der Waals surface area contributed by atoms with Crippen LogP contribution >= 0.6 is 0 Å². The van der Waals surface area contributed by atoms with E-state index in [2.05, 4.69) is 5.32 Å². The van der Waals surface area contributed by atoms with Gasteiger partial charge in [-0.15, -0.1) is 0 Å². The van der Waals surface area contributed by atoms with E-state index in [0.29, 0.717) is 13.2 Å². The summed E-state index contributed by atoms with van der Waals surface area (Å²) in [6.07, 6.45) is 0. The molecule has 2 aromatic carbocycles. The Balaban J connectivity index is 2.07. The molecule has 0 radical (unpaired) electrons. The highest BCUT2D eigenvalue weighted by atomic mass is 16.5. The van der Waals surface area contributed by atoms with Crippen LogP contribution < -0.4 is 14.8 Å². The molecular weight excluding hydrogens is 266 g/mol. The van der Waals surface area contributed by atoms with E-state index in [1.54, 1.807) is 7.11 Å². The smallest absolute Gasteiger partial charge is 0.161 e. The van der Waals surface area contributed by atoms with Crippen molar-refractivity contribution in [2.45, 2.75) is 20.1 Å². The van der Waals surface area contributed by atoms with Crippen molar-refractivity contribution < 1.29 is 14.6 Å². The second-order valence-corrected chi connectivity index (χ2v) is 4.63. The van der Waals surface area contributed by atoms with Gasteiger partial charge in [0.2, 0.25) is 0 Å². The molecule has 4 nitrogen and oxygen atoms in total. The molecule has 0 bridgehead atoms. The van der Waals surface area contributed by atoms with E-state index in [4.69, 9.17) is 14.6 Å². The molecule has 0 atom stereocenters. The van der Waals surface area contributed by atoms with E-state index in [1.807, 2.05) is 49.4 Å². The molecule has 0 heterocycles. The van der Waals surface area contributed by atoms with E-state index >= 15 is 0 Å². The van der Waals surface area contributed by atoms with Crippen molar-refractivity contribution in [2.24, 2.45) is 0 Å². The number of benzene rings is 2. The summed E-state index contributed by atoms with van der Waals surface area (Å²) >= 11 is 0. The summed E-state index contributed by atoms with van der Waals surface area (Å²) in [4.78, 5) is 0. The number of methoxy groups -OCH3 is 1. The summed E-state index contributed by atoms with van der Waals surface area (Å²) < 4.78 is 10.8. The lowest BCUT2D eigenvalue weighted by Gasteiger charge is -2.12. The van der Waals surface area contributed by atoms with E-state index in [-0.39, 0.29) is 6.61 Å². The SMILES string of the molecule is CCOc1cc(CNc2cccc(CO)c2)ccc1OC. The Morgan fingerprint density at radius 1 is 1.05 bits per heavy atom. The monoisotopic (exact) mass is 287 g/mol. The molecule has 4 heteroatoms. The van der Waals surface area contributed by atoms with E-state index in [0.717, 1.165) is 28.3 Å². The van der Waals surface area contributed by atoms with E-state index in [1.165, 1.54) is 0 Å². The van der Waals surface area contributed by atoms with Gasteiger partial charge in [-0.1, -0.05) is 18.2 Å². The van der Waals surface area contributed by atoms with Crippen molar-refractivity contribution in [1.29, 1.82) is 0 Å². The topological polar surface area (TPSA) is 50.7 Å². The molecule has 112 valence electrons. The van der Waals surface area contributed by atoms with Gasteiger partial charge in [-0.05, 0) is 42.3 Å². The number of rotatable bonds is 7. The summed E-state index contributed by atoms with van der Waals surface area (Å²) in [6, 6.07) is 13.6. The lowest BCUT2D eigenvalue weighted by atomic mass is 10.1. The standard InChI is InChI=1S/C17H21NO3/c1-3-21-17-10-13(7-8-16(17)20-2)11-18-15-6-4-5-14(9-15)12-19/h4-10,18-19H,3,11-12H2,1-2H3.